The van der Waals surface area contributed by atoms with Crippen molar-refractivity contribution in [3.05, 3.63) is 0 Å². The SMILES string of the molecule is CCCCO[Si](CCCCC1CCC2OC2C1)(OCCCC)OCCCC. The van der Waals surface area contributed by atoms with Crippen LogP contribution in [0.2, 0.25) is 6.04 Å². The van der Waals surface area contributed by atoms with Crippen LogP contribution in [0.4, 0.5) is 0 Å². The maximum Gasteiger partial charge on any atom is 0.500 e. The quantitative estimate of drug-likeness (QED) is 0.168. The van der Waals surface area contributed by atoms with Gasteiger partial charge in [0.05, 0.1) is 12.2 Å². The van der Waals surface area contributed by atoms with Crippen molar-refractivity contribution in [2.24, 2.45) is 5.92 Å². The Balaban J connectivity index is 1.78. The second kappa shape index (κ2) is 13.3. The van der Waals surface area contributed by atoms with Crippen LogP contribution in [0.3, 0.4) is 0 Å². The van der Waals surface area contributed by atoms with E-state index in [1.165, 1.54) is 38.5 Å². The van der Waals surface area contributed by atoms with Crippen molar-refractivity contribution in [2.75, 3.05) is 19.8 Å². The Hall–Kier alpha value is 0.0569. The van der Waals surface area contributed by atoms with Gasteiger partial charge in [0.2, 0.25) is 0 Å². The Bertz CT molecular complexity index is 353. The molecule has 0 aromatic rings. The van der Waals surface area contributed by atoms with E-state index in [2.05, 4.69) is 20.8 Å². The second-order valence-electron chi connectivity index (χ2n) is 8.43. The van der Waals surface area contributed by atoms with Gasteiger partial charge in [-0.3, -0.25) is 0 Å². The minimum absolute atomic E-state index is 0.601. The third-order valence-corrected chi connectivity index (χ3v) is 8.82. The number of fused-ring (bicyclic) bond motifs is 1. The highest BCUT2D eigenvalue weighted by atomic mass is 28.4. The van der Waals surface area contributed by atoms with Crippen molar-refractivity contribution in [2.45, 2.75) is 116 Å². The second-order valence-corrected chi connectivity index (χ2v) is 11.2. The predicted octanol–water partition coefficient (Wildman–Crippen LogP) is 6.11. The summed E-state index contributed by atoms with van der Waals surface area (Å²) in [5, 5.41) is 0. The summed E-state index contributed by atoms with van der Waals surface area (Å²) in [4.78, 5) is 0. The molecule has 0 amide bonds. The Labute approximate surface area is 169 Å². The topological polar surface area (TPSA) is 40.2 Å². The van der Waals surface area contributed by atoms with Crippen LogP contribution in [0.15, 0.2) is 0 Å². The molecule has 0 aromatic carbocycles. The lowest BCUT2D eigenvalue weighted by Gasteiger charge is -2.30. The van der Waals surface area contributed by atoms with E-state index in [-0.39, 0.29) is 0 Å². The predicted molar refractivity (Wildman–Crippen MR) is 113 cm³/mol. The van der Waals surface area contributed by atoms with Gasteiger partial charge in [-0.15, -0.1) is 0 Å². The fourth-order valence-corrected chi connectivity index (χ4v) is 6.71. The fraction of sp³-hybridized carbons (Fsp3) is 1.00. The van der Waals surface area contributed by atoms with E-state index in [0.29, 0.717) is 12.2 Å². The zero-order valence-electron chi connectivity index (χ0n) is 18.2. The maximum atomic E-state index is 6.35. The van der Waals surface area contributed by atoms with Crippen LogP contribution in [0.25, 0.3) is 0 Å². The minimum atomic E-state index is -2.52. The summed E-state index contributed by atoms with van der Waals surface area (Å²) < 4.78 is 24.7. The van der Waals surface area contributed by atoms with Gasteiger partial charge in [0.15, 0.2) is 0 Å². The molecule has 0 N–H and O–H groups in total. The van der Waals surface area contributed by atoms with E-state index >= 15 is 0 Å². The van der Waals surface area contributed by atoms with E-state index in [0.717, 1.165) is 70.3 Å². The molecule has 160 valence electrons. The molecule has 1 aliphatic heterocycles. The fourth-order valence-electron chi connectivity index (χ4n) is 3.98. The summed E-state index contributed by atoms with van der Waals surface area (Å²) in [6, 6.07) is 0.986. The zero-order chi connectivity index (χ0) is 19.4. The molecule has 4 nitrogen and oxygen atoms in total. The first kappa shape index (κ1) is 23.3. The third kappa shape index (κ3) is 8.95. The van der Waals surface area contributed by atoms with Crippen LogP contribution in [0, 0.1) is 5.92 Å². The van der Waals surface area contributed by atoms with Gasteiger partial charge in [-0.25, -0.2) is 0 Å². The van der Waals surface area contributed by atoms with Gasteiger partial charge in [-0.05, 0) is 50.9 Å². The standard InChI is InChI=1S/C22H44O4Si/c1-4-7-15-23-27(24-16-8-5-2,25-17-9-6-3)18-11-10-12-20-13-14-21-22(19-20)26-21/h20-22H,4-19H2,1-3H3. The molecule has 1 aliphatic carbocycles. The number of hydrogen-bond acceptors (Lipinski definition) is 4. The van der Waals surface area contributed by atoms with Gasteiger partial charge < -0.3 is 18.0 Å². The van der Waals surface area contributed by atoms with E-state index in [1.54, 1.807) is 0 Å². The third-order valence-electron chi connectivity index (χ3n) is 5.92. The molecule has 1 saturated heterocycles. The first-order valence-corrected chi connectivity index (χ1v) is 13.7. The Kier molecular flexibility index (Phi) is 11.5. The van der Waals surface area contributed by atoms with Crippen molar-refractivity contribution in [3.8, 4) is 0 Å². The highest BCUT2D eigenvalue weighted by molar-refractivity contribution is 6.60. The Morgan fingerprint density at radius 1 is 0.741 bits per heavy atom. The monoisotopic (exact) mass is 400 g/mol. The van der Waals surface area contributed by atoms with Gasteiger partial charge in [0.1, 0.15) is 0 Å². The van der Waals surface area contributed by atoms with Crippen LogP contribution in [-0.4, -0.2) is 40.8 Å². The summed E-state index contributed by atoms with van der Waals surface area (Å²) in [7, 11) is -2.52. The molecule has 2 aliphatic rings. The molecule has 27 heavy (non-hydrogen) atoms. The highest BCUT2D eigenvalue weighted by Crippen LogP contribution is 2.41. The van der Waals surface area contributed by atoms with E-state index in [1.807, 2.05) is 0 Å². The van der Waals surface area contributed by atoms with Crippen molar-refractivity contribution in [1.29, 1.82) is 0 Å². The van der Waals surface area contributed by atoms with Gasteiger partial charge in [0, 0.05) is 25.9 Å². The average Bonchev–Trinajstić information content (AvgIpc) is 3.45. The first-order valence-electron chi connectivity index (χ1n) is 11.8. The molecule has 1 heterocycles. The summed E-state index contributed by atoms with van der Waals surface area (Å²) in [6.07, 6.45) is 15.7. The summed E-state index contributed by atoms with van der Waals surface area (Å²) in [5.74, 6) is 0.868. The lowest BCUT2D eigenvalue weighted by Crippen LogP contribution is -2.46. The van der Waals surface area contributed by atoms with Gasteiger partial charge in [0.25, 0.3) is 0 Å². The van der Waals surface area contributed by atoms with Crippen LogP contribution in [0.1, 0.15) is 97.8 Å². The van der Waals surface area contributed by atoms with Crippen molar-refractivity contribution in [3.63, 3.8) is 0 Å². The molecular weight excluding hydrogens is 356 g/mol. The van der Waals surface area contributed by atoms with E-state index < -0.39 is 8.80 Å². The smallest absolute Gasteiger partial charge is 0.373 e. The van der Waals surface area contributed by atoms with Gasteiger partial charge >= 0.3 is 8.80 Å². The zero-order valence-corrected chi connectivity index (χ0v) is 19.2. The number of epoxide rings is 1. The largest absolute Gasteiger partial charge is 0.500 e. The van der Waals surface area contributed by atoms with Crippen molar-refractivity contribution in [1.82, 2.24) is 0 Å². The molecule has 0 radical (unpaired) electrons. The molecule has 1 saturated carbocycles. The van der Waals surface area contributed by atoms with Gasteiger partial charge in [-0.2, -0.15) is 0 Å². The van der Waals surface area contributed by atoms with Crippen LogP contribution in [-0.2, 0) is 18.0 Å². The molecule has 3 unspecified atom stereocenters. The number of unbranched alkanes of at least 4 members (excludes halogenated alkanes) is 4. The van der Waals surface area contributed by atoms with E-state index in [4.69, 9.17) is 18.0 Å². The van der Waals surface area contributed by atoms with Crippen LogP contribution < -0.4 is 0 Å². The number of hydrogen-bond donors (Lipinski definition) is 0. The molecule has 2 fully saturated rings. The van der Waals surface area contributed by atoms with Crippen LogP contribution in [0.5, 0.6) is 0 Å². The van der Waals surface area contributed by atoms with Gasteiger partial charge in [-0.1, -0.05) is 52.9 Å². The number of rotatable bonds is 17. The minimum Gasteiger partial charge on any atom is -0.373 e. The summed E-state index contributed by atoms with van der Waals surface area (Å²) in [5.41, 5.74) is 0. The lowest BCUT2D eigenvalue weighted by molar-refractivity contribution is 0.0555. The molecular formula is C22H44O4Si. The highest BCUT2D eigenvalue weighted by Gasteiger charge is 2.44. The van der Waals surface area contributed by atoms with Crippen molar-refractivity contribution < 1.29 is 18.0 Å². The molecule has 0 spiro atoms. The van der Waals surface area contributed by atoms with Crippen molar-refractivity contribution >= 4 is 8.80 Å². The molecule has 2 rings (SSSR count). The van der Waals surface area contributed by atoms with Crippen LogP contribution >= 0.6 is 0 Å². The normalized spacial score (nSPS) is 24.8. The molecule has 0 bridgehead atoms. The Morgan fingerprint density at radius 3 is 1.85 bits per heavy atom. The summed E-state index contributed by atoms with van der Waals surface area (Å²) in [6.45, 7) is 8.97. The Morgan fingerprint density at radius 2 is 1.33 bits per heavy atom. The lowest BCUT2D eigenvalue weighted by atomic mass is 9.86. The number of ether oxygens (including phenoxy) is 1. The van der Waals surface area contributed by atoms with E-state index in [9.17, 15) is 0 Å². The molecule has 3 atom stereocenters. The average molecular weight is 401 g/mol. The first-order chi connectivity index (χ1) is 13.2. The summed E-state index contributed by atoms with van der Waals surface area (Å²) >= 11 is 0. The molecule has 0 aromatic heterocycles. The maximum absolute atomic E-state index is 6.35. The molecule has 5 heteroatoms.